The lowest BCUT2D eigenvalue weighted by Crippen LogP contribution is -2.21. The number of fused-ring (bicyclic) bond motifs is 1. The van der Waals surface area contributed by atoms with E-state index in [1.54, 1.807) is 0 Å². The number of alkyl halides is 3. The van der Waals surface area contributed by atoms with E-state index in [2.05, 4.69) is 20.0 Å². The molecule has 29 heavy (non-hydrogen) atoms. The Labute approximate surface area is 169 Å². The second-order valence-corrected chi connectivity index (χ2v) is 7.66. The average molecular weight is 427 g/mol. The first-order chi connectivity index (χ1) is 13.8. The van der Waals surface area contributed by atoms with Crippen molar-refractivity contribution in [2.45, 2.75) is 50.0 Å². The van der Waals surface area contributed by atoms with Gasteiger partial charge in [0, 0.05) is 29.5 Å². The Balaban J connectivity index is 1.45. The monoisotopic (exact) mass is 427 g/mol. The number of aromatic nitrogens is 2. The Morgan fingerprint density at radius 3 is 2.86 bits per heavy atom. The predicted octanol–water partition coefficient (Wildman–Crippen LogP) is 4.06. The van der Waals surface area contributed by atoms with E-state index in [4.69, 9.17) is 0 Å². The van der Waals surface area contributed by atoms with Crippen LogP contribution in [0.4, 0.5) is 18.9 Å². The summed E-state index contributed by atoms with van der Waals surface area (Å²) in [6.07, 6.45) is -0.466. The lowest BCUT2D eigenvalue weighted by Gasteiger charge is -2.14. The highest BCUT2D eigenvalue weighted by Gasteiger charge is 2.31. The van der Waals surface area contributed by atoms with Crippen molar-refractivity contribution in [3.05, 3.63) is 45.9 Å². The number of nitrogens with zero attached hydrogens (tertiary/aromatic N) is 1. The fourth-order valence-corrected chi connectivity index (χ4v) is 3.87. The lowest BCUT2D eigenvalue weighted by molar-refractivity contribution is -0.274. The largest absolute Gasteiger partial charge is 0.573 e. The van der Waals surface area contributed by atoms with Gasteiger partial charge in [0.25, 0.3) is 5.56 Å². The molecule has 1 aromatic carbocycles. The summed E-state index contributed by atoms with van der Waals surface area (Å²) in [5.74, 6) is -0.137. The van der Waals surface area contributed by atoms with E-state index in [-0.39, 0.29) is 23.6 Å². The summed E-state index contributed by atoms with van der Waals surface area (Å²) in [6.45, 7) is 0. The quantitative estimate of drug-likeness (QED) is 0.396. The van der Waals surface area contributed by atoms with E-state index in [1.165, 1.54) is 23.9 Å². The Kier molecular flexibility index (Phi) is 6.83. The van der Waals surface area contributed by atoms with Crippen molar-refractivity contribution in [2.24, 2.45) is 0 Å². The molecule has 0 atom stereocenters. The Morgan fingerprint density at radius 1 is 1.28 bits per heavy atom. The number of rotatable bonds is 7. The molecule has 3 rings (SSSR count). The first-order valence-electron chi connectivity index (χ1n) is 9.21. The van der Waals surface area contributed by atoms with Gasteiger partial charge in [0.2, 0.25) is 5.91 Å². The third-order valence-electron chi connectivity index (χ3n) is 4.31. The van der Waals surface area contributed by atoms with Crippen LogP contribution in [0.1, 0.15) is 36.9 Å². The Morgan fingerprint density at radius 2 is 2.07 bits per heavy atom. The zero-order valence-electron chi connectivity index (χ0n) is 15.5. The molecule has 0 bridgehead atoms. The van der Waals surface area contributed by atoms with E-state index in [9.17, 15) is 22.8 Å². The van der Waals surface area contributed by atoms with Gasteiger partial charge < -0.3 is 15.0 Å². The van der Waals surface area contributed by atoms with Gasteiger partial charge >= 0.3 is 6.36 Å². The number of hydrogen-bond acceptors (Lipinski definition) is 5. The number of benzene rings is 1. The first-order valence-corrected chi connectivity index (χ1v) is 10.2. The van der Waals surface area contributed by atoms with Crippen molar-refractivity contribution < 1.29 is 22.7 Å². The number of amides is 1. The van der Waals surface area contributed by atoms with E-state index in [0.717, 1.165) is 49.1 Å². The number of H-pyrrole nitrogens is 1. The zero-order valence-corrected chi connectivity index (χ0v) is 16.3. The Hall–Kier alpha value is -2.49. The Bertz CT molecular complexity index is 931. The summed E-state index contributed by atoms with van der Waals surface area (Å²) in [5.41, 5.74) is 1.78. The molecule has 0 unspecified atom stereocenters. The molecule has 10 heteroatoms. The topological polar surface area (TPSA) is 84.1 Å². The molecule has 1 aromatic heterocycles. The van der Waals surface area contributed by atoms with Crippen molar-refractivity contribution in [1.29, 1.82) is 0 Å². The zero-order chi connectivity index (χ0) is 20.9. The van der Waals surface area contributed by atoms with Crippen molar-refractivity contribution in [3.63, 3.8) is 0 Å². The van der Waals surface area contributed by atoms with Crippen LogP contribution < -0.4 is 15.6 Å². The van der Waals surface area contributed by atoms with Crippen LogP contribution in [0, 0.1) is 0 Å². The van der Waals surface area contributed by atoms with Crippen molar-refractivity contribution in [1.82, 2.24) is 9.97 Å². The number of carbonyl (C=O) groups excluding carboxylic acids is 1. The van der Waals surface area contributed by atoms with E-state index in [1.807, 2.05) is 0 Å². The number of aromatic amines is 1. The first kappa shape index (κ1) is 21.2. The number of anilines is 1. The van der Waals surface area contributed by atoms with Crippen LogP contribution in [0.15, 0.2) is 34.2 Å². The van der Waals surface area contributed by atoms with Crippen LogP contribution in [-0.4, -0.2) is 28.0 Å². The van der Waals surface area contributed by atoms with E-state index in [0.29, 0.717) is 17.3 Å². The minimum Gasteiger partial charge on any atom is -0.406 e. The molecule has 1 aliphatic carbocycles. The van der Waals surface area contributed by atoms with Gasteiger partial charge in [-0.2, -0.15) is 0 Å². The van der Waals surface area contributed by atoms with Gasteiger partial charge in [0.1, 0.15) is 5.75 Å². The second-order valence-electron chi connectivity index (χ2n) is 6.58. The van der Waals surface area contributed by atoms with Crippen molar-refractivity contribution in [2.75, 3.05) is 11.1 Å². The fourth-order valence-electron chi connectivity index (χ4n) is 3.04. The highest BCUT2D eigenvalue weighted by atomic mass is 32.2. The molecule has 0 radical (unpaired) electrons. The number of nitrogens with one attached hydrogen (secondary N) is 2. The fraction of sp³-hybridized carbons (Fsp3) is 0.421. The van der Waals surface area contributed by atoms with Gasteiger partial charge in [0.05, 0.1) is 5.69 Å². The van der Waals surface area contributed by atoms with E-state index < -0.39 is 12.1 Å². The standard InChI is InChI=1S/C19H20F3N3O3S/c20-19(21,22)28-13-6-3-5-12(11-13)23-16(26)9-4-10-29-18-24-15-8-2-1-7-14(15)17(27)25-18/h3,5-6,11H,1-2,4,7-10H2,(H,23,26)(H,24,25,27). The van der Waals surface area contributed by atoms with Crippen LogP contribution in [0.3, 0.4) is 0 Å². The van der Waals surface area contributed by atoms with Crippen LogP contribution in [0.2, 0.25) is 0 Å². The number of thioether (sulfide) groups is 1. The molecule has 6 nitrogen and oxygen atoms in total. The molecule has 2 aromatic rings. The van der Waals surface area contributed by atoms with Gasteiger partial charge in [-0.25, -0.2) is 4.98 Å². The number of aryl methyl sites for hydroxylation is 1. The molecular weight excluding hydrogens is 407 g/mol. The van der Waals surface area contributed by atoms with E-state index >= 15 is 0 Å². The second kappa shape index (κ2) is 9.34. The lowest BCUT2D eigenvalue weighted by atomic mass is 9.97. The van der Waals surface area contributed by atoms with Gasteiger partial charge in [-0.1, -0.05) is 17.8 Å². The maximum atomic E-state index is 12.3. The maximum absolute atomic E-state index is 12.3. The summed E-state index contributed by atoms with van der Waals surface area (Å²) >= 11 is 1.37. The molecule has 156 valence electrons. The number of hydrogen-bond donors (Lipinski definition) is 2. The molecule has 1 heterocycles. The van der Waals surface area contributed by atoms with Gasteiger partial charge in [-0.15, -0.1) is 13.2 Å². The maximum Gasteiger partial charge on any atom is 0.573 e. The smallest absolute Gasteiger partial charge is 0.406 e. The minimum absolute atomic E-state index is 0.0871. The van der Waals surface area contributed by atoms with Gasteiger partial charge in [0.15, 0.2) is 5.16 Å². The van der Waals surface area contributed by atoms with Crippen LogP contribution in [0.25, 0.3) is 0 Å². The molecular formula is C19H20F3N3O3S. The summed E-state index contributed by atoms with van der Waals surface area (Å²) < 4.78 is 40.6. The number of carbonyl (C=O) groups is 1. The normalized spacial score (nSPS) is 13.6. The van der Waals surface area contributed by atoms with Gasteiger partial charge in [-0.05, 0) is 44.2 Å². The summed E-state index contributed by atoms with van der Waals surface area (Å²) in [7, 11) is 0. The highest BCUT2D eigenvalue weighted by Crippen LogP contribution is 2.25. The van der Waals surface area contributed by atoms with Crippen molar-refractivity contribution in [3.8, 4) is 5.75 Å². The summed E-state index contributed by atoms with van der Waals surface area (Å²) in [5, 5.41) is 3.10. The number of halogens is 3. The molecule has 0 saturated carbocycles. The highest BCUT2D eigenvalue weighted by molar-refractivity contribution is 7.99. The van der Waals surface area contributed by atoms with Crippen molar-refractivity contribution >= 4 is 23.4 Å². The molecule has 1 amide bonds. The molecule has 0 fully saturated rings. The minimum atomic E-state index is -4.79. The molecule has 0 saturated heterocycles. The average Bonchev–Trinajstić information content (AvgIpc) is 2.64. The SMILES string of the molecule is O=C(CCCSc1nc2c(c(=O)[nH]1)CCCC2)Nc1cccc(OC(F)(F)F)c1. The van der Waals surface area contributed by atoms with Crippen LogP contribution >= 0.6 is 11.8 Å². The van der Waals surface area contributed by atoms with Crippen LogP contribution in [-0.2, 0) is 17.6 Å². The molecule has 1 aliphatic rings. The molecule has 0 spiro atoms. The molecule has 0 aliphatic heterocycles. The summed E-state index contributed by atoms with van der Waals surface area (Å²) in [4.78, 5) is 31.4. The summed E-state index contributed by atoms with van der Waals surface area (Å²) in [6, 6.07) is 5.12. The van der Waals surface area contributed by atoms with Crippen LogP contribution in [0.5, 0.6) is 5.75 Å². The third-order valence-corrected chi connectivity index (χ3v) is 5.27. The molecule has 2 N–H and O–H groups in total. The predicted molar refractivity (Wildman–Crippen MR) is 103 cm³/mol. The number of ether oxygens (including phenoxy) is 1. The third kappa shape index (κ3) is 6.52. The van der Waals surface area contributed by atoms with Gasteiger partial charge in [-0.3, -0.25) is 9.59 Å².